The van der Waals surface area contributed by atoms with Gasteiger partial charge in [0, 0.05) is 113 Å². The molecule has 0 aromatic heterocycles. The Balaban J connectivity index is 1.22. The molecule has 0 spiro atoms. The number of hydrogen-bond acceptors (Lipinski definition) is 4. The molecular formula is C51H64Cl2N4O2+2. The van der Waals surface area contributed by atoms with E-state index in [9.17, 15) is 0 Å². The fraction of sp³-hybridized carbons (Fsp3) is 0.412. The fourth-order valence-electron chi connectivity index (χ4n) is 9.00. The van der Waals surface area contributed by atoms with Crippen LogP contribution in [0.3, 0.4) is 0 Å². The highest BCUT2D eigenvalue weighted by Gasteiger charge is 2.46. The third-order valence-electron chi connectivity index (χ3n) is 13.0. The predicted octanol–water partition coefficient (Wildman–Crippen LogP) is 12.8. The molecule has 2 heterocycles. The van der Waals surface area contributed by atoms with Crippen LogP contribution in [0.15, 0.2) is 84.9 Å². The minimum atomic E-state index is -0.150. The lowest BCUT2D eigenvalue weighted by Crippen LogP contribution is -2.29. The molecule has 4 aromatic rings. The summed E-state index contributed by atoms with van der Waals surface area (Å²) in [7, 11) is 4.30. The first-order chi connectivity index (χ1) is 28.4. The van der Waals surface area contributed by atoms with Gasteiger partial charge in [0.1, 0.15) is 25.6 Å². The van der Waals surface area contributed by atoms with Gasteiger partial charge in [0.05, 0.1) is 24.0 Å². The molecule has 2 aliphatic rings. The number of nitrogens with zero attached hydrogens (tertiary/aromatic N) is 4. The lowest BCUT2D eigenvalue weighted by Gasteiger charge is -2.23. The Morgan fingerprint density at radius 1 is 0.542 bits per heavy atom. The SMILES string of the molecule is CCN(CC)c1ccc(/C=C/C2=[N+](C)c3ccc(Cl)cc3C2(C)CC)c(OCCCOc2cc(N(CC)CC)ccc2/C=C/C2=[N+](C)c3ccc(Cl)cc3C2(C)CC)c1. The van der Waals surface area contributed by atoms with Crippen molar-refractivity contribution in [2.75, 3.05) is 63.3 Å². The molecule has 8 heteroatoms. The van der Waals surface area contributed by atoms with Gasteiger partial charge in [-0.2, -0.15) is 9.15 Å². The number of anilines is 2. The second-order valence-electron chi connectivity index (χ2n) is 16.1. The zero-order valence-electron chi connectivity index (χ0n) is 37.0. The first-order valence-electron chi connectivity index (χ1n) is 21.6. The zero-order chi connectivity index (χ0) is 42.5. The number of rotatable bonds is 18. The molecule has 0 fully saturated rings. The van der Waals surface area contributed by atoms with Crippen LogP contribution in [0.5, 0.6) is 11.5 Å². The summed E-state index contributed by atoms with van der Waals surface area (Å²) in [6.45, 7) is 22.6. The topological polar surface area (TPSA) is 31.0 Å². The molecule has 0 aliphatic carbocycles. The van der Waals surface area contributed by atoms with E-state index in [0.29, 0.717) is 13.2 Å². The van der Waals surface area contributed by atoms with Crippen molar-refractivity contribution in [1.82, 2.24) is 0 Å². The van der Waals surface area contributed by atoms with Gasteiger partial charge in [-0.05, 0) is 115 Å². The second-order valence-corrected chi connectivity index (χ2v) is 17.0. The highest BCUT2D eigenvalue weighted by molar-refractivity contribution is 6.31. The van der Waals surface area contributed by atoms with Gasteiger partial charge in [0.15, 0.2) is 11.4 Å². The van der Waals surface area contributed by atoms with Gasteiger partial charge in [-0.1, -0.05) is 37.0 Å². The number of allylic oxidation sites excluding steroid dienone is 2. The van der Waals surface area contributed by atoms with Crippen LogP contribution in [0.4, 0.5) is 22.7 Å². The van der Waals surface area contributed by atoms with E-state index in [0.717, 1.165) is 89.5 Å². The number of fused-ring (bicyclic) bond motifs is 2. The molecule has 312 valence electrons. The third-order valence-corrected chi connectivity index (χ3v) is 13.5. The van der Waals surface area contributed by atoms with Gasteiger partial charge < -0.3 is 19.3 Å². The van der Waals surface area contributed by atoms with Crippen LogP contribution in [-0.4, -0.2) is 74.1 Å². The van der Waals surface area contributed by atoms with Crippen molar-refractivity contribution < 1.29 is 18.6 Å². The number of ether oxygens (including phenoxy) is 2. The Morgan fingerprint density at radius 3 is 1.29 bits per heavy atom. The monoisotopic (exact) mass is 834 g/mol. The molecular weight excluding hydrogens is 771 g/mol. The van der Waals surface area contributed by atoms with Crippen molar-refractivity contribution in [3.8, 4) is 11.5 Å². The van der Waals surface area contributed by atoms with Gasteiger partial charge >= 0.3 is 0 Å². The highest BCUT2D eigenvalue weighted by Crippen LogP contribution is 2.45. The Morgan fingerprint density at radius 2 is 0.932 bits per heavy atom. The largest absolute Gasteiger partial charge is 0.493 e. The zero-order valence-corrected chi connectivity index (χ0v) is 38.5. The van der Waals surface area contributed by atoms with Gasteiger partial charge in [-0.25, -0.2) is 0 Å². The van der Waals surface area contributed by atoms with Crippen molar-refractivity contribution in [2.24, 2.45) is 0 Å². The highest BCUT2D eigenvalue weighted by atomic mass is 35.5. The van der Waals surface area contributed by atoms with Crippen LogP contribution >= 0.6 is 23.2 Å². The Hall–Kier alpha value is -4.52. The third kappa shape index (κ3) is 8.72. The molecule has 6 rings (SSSR count). The second kappa shape index (κ2) is 18.8. The van der Waals surface area contributed by atoms with E-state index in [1.807, 2.05) is 12.1 Å². The minimum Gasteiger partial charge on any atom is -0.493 e. The van der Waals surface area contributed by atoms with Crippen molar-refractivity contribution in [1.29, 1.82) is 0 Å². The van der Waals surface area contributed by atoms with Gasteiger partial charge in [-0.15, -0.1) is 0 Å². The summed E-state index contributed by atoms with van der Waals surface area (Å²) in [6, 6.07) is 25.6. The van der Waals surface area contributed by atoms with Crippen molar-refractivity contribution >= 4 is 69.5 Å². The van der Waals surface area contributed by atoms with E-state index in [-0.39, 0.29) is 10.8 Å². The molecule has 2 atom stereocenters. The lowest BCUT2D eigenvalue weighted by atomic mass is 9.77. The van der Waals surface area contributed by atoms with E-state index in [1.165, 1.54) is 33.9 Å². The molecule has 2 aliphatic heterocycles. The molecule has 0 saturated heterocycles. The lowest BCUT2D eigenvalue weighted by molar-refractivity contribution is -0.401. The maximum atomic E-state index is 6.64. The smallest absolute Gasteiger partial charge is 0.209 e. The normalized spacial score (nSPS) is 18.6. The summed E-state index contributed by atoms with van der Waals surface area (Å²) in [5, 5.41) is 1.54. The van der Waals surface area contributed by atoms with E-state index >= 15 is 0 Å². The fourth-order valence-corrected chi connectivity index (χ4v) is 9.34. The molecule has 2 unspecified atom stereocenters. The van der Waals surface area contributed by atoms with E-state index in [2.05, 4.69) is 173 Å². The van der Waals surface area contributed by atoms with Crippen molar-refractivity contribution in [3.63, 3.8) is 0 Å². The first-order valence-corrected chi connectivity index (χ1v) is 22.3. The van der Waals surface area contributed by atoms with Crippen LogP contribution in [0, 0.1) is 0 Å². The average molecular weight is 836 g/mol. The van der Waals surface area contributed by atoms with Gasteiger partial charge in [0.2, 0.25) is 11.4 Å². The van der Waals surface area contributed by atoms with Crippen molar-refractivity contribution in [3.05, 3.63) is 117 Å². The van der Waals surface area contributed by atoms with Crippen LogP contribution in [0.25, 0.3) is 12.2 Å². The molecule has 0 N–H and O–H groups in total. The summed E-state index contributed by atoms with van der Waals surface area (Å²) < 4.78 is 17.9. The number of halogens is 2. The molecule has 0 amide bonds. The van der Waals surface area contributed by atoms with Crippen molar-refractivity contribution in [2.45, 2.75) is 85.5 Å². The molecule has 0 saturated carbocycles. The molecule has 4 aromatic carbocycles. The Kier molecular flexibility index (Phi) is 14.0. The Labute approximate surface area is 364 Å². The minimum absolute atomic E-state index is 0.150. The molecule has 0 radical (unpaired) electrons. The van der Waals surface area contributed by atoms with E-state index < -0.39 is 0 Å². The molecule has 6 nitrogen and oxygen atoms in total. The molecule has 59 heavy (non-hydrogen) atoms. The van der Waals surface area contributed by atoms with Crippen LogP contribution in [0.1, 0.15) is 96.9 Å². The van der Waals surface area contributed by atoms with E-state index in [4.69, 9.17) is 32.7 Å². The first kappa shape index (κ1) is 44.0. The standard InChI is InChI=1S/C51H64Cl2N4O2/c1-11-50(7)42-32-38(52)22-26-44(42)54(9)48(50)28-20-36-18-24-40(56(13-3)14-4)34-46(36)58-30-17-31-59-47-35-41(57(15-5)16-6)25-19-37(47)21-29-49-51(8,12-2)43-33-39(53)23-27-45(43)55(49)10/h18-29,32-35H,11-17,30-31H2,1-10H3/q+2. The van der Waals surface area contributed by atoms with Crippen LogP contribution in [-0.2, 0) is 10.8 Å². The van der Waals surface area contributed by atoms with Gasteiger partial charge in [0.25, 0.3) is 0 Å². The summed E-state index contributed by atoms with van der Waals surface area (Å²) in [5.41, 5.74) is 11.5. The maximum Gasteiger partial charge on any atom is 0.209 e. The van der Waals surface area contributed by atoms with Crippen LogP contribution in [0.2, 0.25) is 10.0 Å². The summed E-state index contributed by atoms with van der Waals surface area (Å²) in [5.74, 6) is 1.74. The summed E-state index contributed by atoms with van der Waals surface area (Å²) in [4.78, 5) is 4.71. The molecule has 0 bridgehead atoms. The predicted molar refractivity (Wildman–Crippen MR) is 254 cm³/mol. The maximum absolute atomic E-state index is 6.64. The number of benzene rings is 4. The Bertz CT molecular complexity index is 2130. The summed E-state index contributed by atoms with van der Waals surface area (Å²) >= 11 is 13.0. The number of hydrogen-bond donors (Lipinski definition) is 0. The van der Waals surface area contributed by atoms with E-state index in [1.54, 1.807) is 0 Å². The van der Waals surface area contributed by atoms with Gasteiger partial charge in [-0.3, -0.25) is 0 Å². The van der Waals surface area contributed by atoms with Crippen LogP contribution < -0.4 is 19.3 Å². The quantitative estimate of drug-likeness (QED) is 0.0738. The average Bonchev–Trinajstić information content (AvgIpc) is 3.58. The summed E-state index contributed by atoms with van der Waals surface area (Å²) in [6.07, 6.45) is 11.6.